The highest BCUT2D eigenvalue weighted by atomic mass is 127. The van der Waals surface area contributed by atoms with Crippen molar-refractivity contribution in [2.75, 3.05) is 40.3 Å². The number of benzene rings is 1. The zero-order valence-electron chi connectivity index (χ0n) is 13.9. The molecule has 0 radical (unpaired) electrons. The lowest BCUT2D eigenvalue weighted by Gasteiger charge is -2.18. The SMILES string of the molecule is CN=C(NCC1CCN(C)C1)NCC(O)c1cc(Cl)cc(Cl)c1.I. The maximum Gasteiger partial charge on any atom is 0.191 e. The summed E-state index contributed by atoms with van der Waals surface area (Å²) in [7, 11) is 3.86. The molecule has 1 saturated heterocycles. The third-order valence-corrected chi connectivity index (χ3v) is 4.44. The molecule has 1 fully saturated rings. The number of aliphatic hydroxyl groups excluding tert-OH is 1. The molecule has 1 aliphatic rings. The number of rotatable bonds is 5. The van der Waals surface area contributed by atoms with Crippen LogP contribution in [0.15, 0.2) is 23.2 Å². The van der Waals surface area contributed by atoms with Crippen molar-refractivity contribution in [3.05, 3.63) is 33.8 Å². The third-order valence-electron chi connectivity index (χ3n) is 4.00. The van der Waals surface area contributed by atoms with Gasteiger partial charge >= 0.3 is 0 Å². The smallest absolute Gasteiger partial charge is 0.191 e. The summed E-state index contributed by atoms with van der Waals surface area (Å²) in [6.45, 7) is 3.46. The predicted octanol–water partition coefficient (Wildman–Crippen LogP) is 2.76. The van der Waals surface area contributed by atoms with Crippen molar-refractivity contribution in [3.8, 4) is 0 Å². The number of aliphatic hydroxyl groups is 1. The molecule has 0 saturated carbocycles. The Hall–Kier alpha value is -0.280. The molecule has 0 aromatic heterocycles. The van der Waals surface area contributed by atoms with Crippen LogP contribution in [-0.2, 0) is 0 Å². The van der Waals surface area contributed by atoms with Gasteiger partial charge in [0.2, 0.25) is 0 Å². The van der Waals surface area contributed by atoms with E-state index in [2.05, 4.69) is 27.6 Å². The standard InChI is InChI=1S/C16H24Cl2N4O.HI/c1-19-16(20-8-11-3-4-22(2)10-11)21-9-15(23)12-5-13(17)7-14(18)6-12;/h5-7,11,15,23H,3-4,8-10H2,1-2H3,(H2,19,20,21);1H. The van der Waals surface area contributed by atoms with Crippen molar-refractivity contribution in [2.45, 2.75) is 12.5 Å². The van der Waals surface area contributed by atoms with E-state index < -0.39 is 6.10 Å². The van der Waals surface area contributed by atoms with Crippen molar-refractivity contribution in [3.63, 3.8) is 0 Å². The zero-order valence-corrected chi connectivity index (χ0v) is 17.8. The summed E-state index contributed by atoms with van der Waals surface area (Å²) >= 11 is 11.9. The quantitative estimate of drug-likeness (QED) is 0.340. The molecule has 24 heavy (non-hydrogen) atoms. The average Bonchev–Trinajstić information content (AvgIpc) is 2.91. The first-order chi connectivity index (χ1) is 11.0. The normalized spacial score (nSPS) is 19.7. The Kier molecular flexibility index (Phi) is 9.66. The lowest BCUT2D eigenvalue weighted by Crippen LogP contribution is -2.41. The fraction of sp³-hybridized carbons (Fsp3) is 0.562. The largest absolute Gasteiger partial charge is 0.387 e. The molecule has 1 aliphatic heterocycles. The van der Waals surface area contributed by atoms with Gasteiger partial charge in [-0.05, 0) is 49.7 Å². The van der Waals surface area contributed by atoms with E-state index in [9.17, 15) is 5.11 Å². The van der Waals surface area contributed by atoms with Gasteiger partial charge in [-0.1, -0.05) is 23.2 Å². The maximum absolute atomic E-state index is 10.3. The van der Waals surface area contributed by atoms with Gasteiger partial charge in [-0.2, -0.15) is 0 Å². The van der Waals surface area contributed by atoms with Crippen molar-refractivity contribution < 1.29 is 5.11 Å². The van der Waals surface area contributed by atoms with Gasteiger partial charge in [-0.3, -0.25) is 4.99 Å². The van der Waals surface area contributed by atoms with Crippen molar-refractivity contribution in [1.29, 1.82) is 0 Å². The van der Waals surface area contributed by atoms with Crippen LogP contribution in [0.4, 0.5) is 0 Å². The molecular formula is C16H25Cl2IN4O. The summed E-state index contributed by atoms with van der Waals surface area (Å²) in [4.78, 5) is 6.51. The minimum absolute atomic E-state index is 0. The molecular weight excluding hydrogens is 462 g/mol. The Bertz CT molecular complexity index is 539. The van der Waals surface area contributed by atoms with Gasteiger partial charge in [-0.15, -0.1) is 24.0 Å². The lowest BCUT2D eigenvalue weighted by molar-refractivity contribution is 0.181. The van der Waals surface area contributed by atoms with Crippen molar-refractivity contribution in [1.82, 2.24) is 15.5 Å². The number of guanidine groups is 1. The van der Waals surface area contributed by atoms with Crippen LogP contribution in [-0.4, -0.2) is 56.2 Å². The highest BCUT2D eigenvalue weighted by Crippen LogP contribution is 2.23. The first-order valence-corrected chi connectivity index (χ1v) is 8.50. The Labute approximate surface area is 170 Å². The molecule has 0 spiro atoms. The summed E-state index contributed by atoms with van der Waals surface area (Å²) in [6.07, 6.45) is 0.492. The second-order valence-electron chi connectivity index (χ2n) is 5.97. The third kappa shape index (κ3) is 6.92. The minimum Gasteiger partial charge on any atom is -0.387 e. The average molecular weight is 487 g/mol. The minimum atomic E-state index is -0.706. The molecule has 0 amide bonds. The van der Waals surface area contributed by atoms with Crippen LogP contribution in [0.3, 0.4) is 0 Å². The fourth-order valence-corrected chi connectivity index (χ4v) is 3.28. The van der Waals surface area contributed by atoms with E-state index in [1.54, 1.807) is 25.2 Å². The van der Waals surface area contributed by atoms with Gasteiger partial charge in [0, 0.05) is 36.7 Å². The van der Waals surface area contributed by atoms with Gasteiger partial charge in [0.25, 0.3) is 0 Å². The molecule has 1 heterocycles. The zero-order chi connectivity index (χ0) is 16.8. The second-order valence-corrected chi connectivity index (χ2v) is 6.84. The number of hydrogen-bond acceptors (Lipinski definition) is 3. The van der Waals surface area contributed by atoms with E-state index in [-0.39, 0.29) is 24.0 Å². The molecule has 0 bridgehead atoms. The van der Waals surface area contributed by atoms with Crippen LogP contribution in [0.25, 0.3) is 0 Å². The highest BCUT2D eigenvalue weighted by Gasteiger charge is 2.19. The van der Waals surface area contributed by atoms with E-state index in [4.69, 9.17) is 23.2 Å². The van der Waals surface area contributed by atoms with E-state index in [0.29, 0.717) is 34.0 Å². The molecule has 0 aliphatic carbocycles. The van der Waals surface area contributed by atoms with E-state index in [1.165, 1.54) is 6.42 Å². The summed E-state index contributed by atoms with van der Waals surface area (Å²) in [5, 5.41) is 17.7. The first-order valence-electron chi connectivity index (χ1n) is 7.75. The molecule has 3 N–H and O–H groups in total. The van der Waals surface area contributed by atoms with Crippen LogP contribution < -0.4 is 10.6 Å². The van der Waals surface area contributed by atoms with E-state index in [0.717, 1.165) is 19.6 Å². The summed E-state index contributed by atoms with van der Waals surface area (Å²) < 4.78 is 0. The van der Waals surface area contributed by atoms with E-state index >= 15 is 0 Å². The molecule has 8 heteroatoms. The van der Waals surface area contributed by atoms with Crippen molar-refractivity contribution in [2.24, 2.45) is 10.9 Å². The first kappa shape index (κ1) is 21.8. The molecule has 2 atom stereocenters. The van der Waals surface area contributed by atoms with Crippen molar-refractivity contribution >= 4 is 53.1 Å². The maximum atomic E-state index is 10.3. The summed E-state index contributed by atoms with van der Waals surface area (Å²) in [5.41, 5.74) is 0.683. The van der Waals surface area contributed by atoms with Crippen LogP contribution in [0.5, 0.6) is 0 Å². The monoisotopic (exact) mass is 486 g/mol. The Morgan fingerprint density at radius 2 is 2.00 bits per heavy atom. The number of nitrogens with zero attached hydrogens (tertiary/aromatic N) is 2. The van der Waals surface area contributed by atoms with Gasteiger partial charge in [-0.25, -0.2) is 0 Å². The predicted molar refractivity (Wildman–Crippen MR) is 112 cm³/mol. The number of hydrogen-bond donors (Lipinski definition) is 3. The second kappa shape index (κ2) is 10.7. The topological polar surface area (TPSA) is 59.9 Å². The van der Waals surface area contributed by atoms with Gasteiger partial charge in [0.05, 0.1) is 6.10 Å². The van der Waals surface area contributed by atoms with Crippen LogP contribution >= 0.6 is 47.2 Å². The number of halogens is 3. The Morgan fingerprint density at radius 3 is 2.54 bits per heavy atom. The van der Waals surface area contributed by atoms with Gasteiger partial charge in [0.15, 0.2) is 5.96 Å². The Balaban J connectivity index is 0.00000288. The number of nitrogens with one attached hydrogen (secondary N) is 2. The Morgan fingerprint density at radius 1 is 1.33 bits per heavy atom. The van der Waals surface area contributed by atoms with E-state index in [1.807, 2.05) is 0 Å². The summed E-state index contributed by atoms with van der Waals surface area (Å²) in [6, 6.07) is 5.07. The van der Waals surface area contributed by atoms with Gasteiger partial charge < -0.3 is 20.6 Å². The van der Waals surface area contributed by atoms with Crippen LogP contribution in [0.1, 0.15) is 18.1 Å². The molecule has 136 valence electrons. The molecule has 5 nitrogen and oxygen atoms in total. The van der Waals surface area contributed by atoms with Crippen LogP contribution in [0, 0.1) is 5.92 Å². The van der Waals surface area contributed by atoms with Crippen LogP contribution in [0.2, 0.25) is 10.0 Å². The van der Waals surface area contributed by atoms with Gasteiger partial charge in [0.1, 0.15) is 0 Å². The molecule has 2 rings (SSSR count). The highest BCUT2D eigenvalue weighted by molar-refractivity contribution is 14.0. The number of aliphatic imine (C=N–C) groups is 1. The number of likely N-dealkylation sites (tertiary alicyclic amines) is 1. The molecule has 1 aromatic rings. The summed E-state index contributed by atoms with van der Waals surface area (Å²) in [5.74, 6) is 1.32. The fourth-order valence-electron chi connectivity index (χ4n) is 2.73. The molecule has 1 aromatic carbocycles. The molecule has 2 unspecified atom stereocenters. The lowest BCUT2D eigenvalue weighted by atomic mass is 10.1.